The Bertz CT molecular complexity index is 738. The first kappa shape index (κ1) is 17.6. The minimum atomic E-state index is 0.0237. The lowest BCUT2D eigenvalue weighted by Crippen LogP contribution is -2.50. The number of halogens is 1. The fourth-order valence-corrected chi connectivity index (χ4v) is 3.15. The van der Waals surface area contributed by atoms with Crippen LogP contribution in [0.1, 0.15) is 11.1 Å². The van der Waals surface area contributed by atoms with Crippen molar-refractivity contribution in [3.63, 3.8) is 0 Å². The molecule has 0 radical (unpaired) electrons. The number of hydrogen-bond acceptors (Lipinski definition) is 3. The quantitative estimate of drug-likeness (QED) is 0.835. The summed E-state index contributed by atoms with van der Waals surface area (Å²) in [5, 5.41) is 0.654. The zero-order valence-electron chi connectivity index (χ0n) is 14.7. The van der Waals surface area contributed by atoms with Crippen LogP contribution in [0.4, 0.5) is 5.69 Å². The summed E-state index contributed by atoms with van der Waals surface area (Å²) in [6, 6.07) is 13.6. The predicted molar refractivity (Wildman–Crippen MR) is 102 cm³/mol. The van der Waals surface area contributed by atoms with Gasteiger partial charge >= 0.3 is 0 Å². The molecule has 5 heteroatoms. The number of amides is 1. The van der Waals surface area contributed by atoms with Crippen LogP contribution in [0.25, 0.3) is 0 Å². The molecule has 0 unspecified atom stereocenters. The van der Waals surface area contributed by atoms with E-state index in [0.29, 0.717) is 10.8 Å². The zero-order chi connectivity index (χ0) is 17.8. The summed E-state index contributed by atoms with van der Waals surface area (Å²) >= 11 is 5.85. The molecule has 25 heavy (non-hydrogen) atoms. The Balaban J connectivity index is 1.52. The van der Waals surface area contributed by atoms with E-state index in [2.05, 4.69) is 36.9 Å². The number of ether oxygens (including phenoxy) is 1. The summed E-state index contributed by atoms with van der Waals surface area (Å²) < 4.78 is 5.56. The molecule has 132 valence electrons. The van der Waals surface area contributed by atoms with Crippen molar-refractivity contribution in [1.82, 2.24) is 4.90 Å². The average molecular weight is 359 g/mol. The number of rotatable bonds is 4. The highest BCUT2D eigenvalue weighted by Crippen LogP contribution is 2.23. The van der Waals surface area contributed by atoms with Gasteiger partial charge in [0.15, 0.2) is 6.61 Å². The summed E-state index contributed by atoms with van der Waals surface area (Å²) in [5.74, 6) is 0.683. The molecule has 0 spiro atoms. The van der Waals surface area contributed by atoms with E-state index in [1.807, 2.05) is 4.90 Å². The predicted octanol–water partition coefficient (Wildman–Crippen LogP) is 3.68. The number of carbonyl (C=O) groups is 1. The summed E-state index contributed by atoms with van der Waals surface area (Å²) in [6.07, 6.45) is 0. The van der Waals surface area contributed by atoms with Crippen molar-refractivity contribution in [1.29, 1.82) is 0 Å². The van der Waals surface area contributed by atoms with Crippen LogP contribution in [-0.2, 0) is 4.79 Å². The van der Waals surface area contributed by atoms with Gasteiger partial charge in [-0.2, -0.15) is 0 Å². The smallest absolute Gasteiger partial charge is 0.260 e. The number of aryl methyl sites for hydroxylation is 2. The second-order valence-electron chi connectivity index (χ2n) is 6.40. The minimum absolute atomic E-state index is 0.0237. The number of piperazine rings is 1. The van der Waals surface area contributed by atoms with E-state index in [-0.39, 0.29) is 12.5 Å². The largest absolute Gasteiger partial charge is 0.484 e. The molecule has 1 aliphatic rings. The lowest BCUT2D eigenvalue weighted by molar-refractivity contribution is -0.133. The Morgan fingerprint density at radius 3 is 2.40 bits per heavy atom. The van der Waals surface area contributed by atoms with Gasteiger partial charge in [0, 0.05) is 36.9 Å². The van der Waals surface area contributed by atoms with Crippen LogP contribution >= 0.6 is 11.6 Å². The molecule has 0 bridgehead atoms. The van der Waals surface area contributed by atoms with Gasteiger partial charge in [0.1, 0.15) is 5.75 Å². The highest BCUT2D eigenvalue weighted by molar-refractivity contribution is 6.30. The molecule has 4 nitrogen and oxygen atoms in total. The maximum atomic E-state index is 12.4. The summed E-state index contributed by atoms with van der Waals surface area (Å²) in [6.45, 7) is 7.43. The van der Waals surface area contributed by atoms with Crippen LogP contribution in [0.3, 0.4) is 0 Å². The third-order valence-electron chi connectivity index (χ3n) is 4.51. The van der Waals surface area contributed by atoms with Crippen LogP contribution in [0.5, 0.6) is 5.75 Å². The van der Waals surface area contributed by atoms with E-state index in [4.69, 9.17) is 16.3 Å². The monoisotopic (exact) mass is 358 g/mol. The highest BCUT2D eigenvalue weighted by Gasteiger charge is 2.22. The third kappa shape index (κ3) is 4.45. The molecular weight excluding hydrogens is 336 g/mol. The van der Waals surface area contributed by atoms with E-state index >= 15 is 0 Å². The van der Waals surface area contributed by atoms with Crippen molar-refractivity contribution in [2.75, 3.05) is 37.7 Å². The van der Waals surface area contributed by atoms with Crippen molar-refractivity contribution in [2.24, 2.45) is 0 Å². The molecule has 0 aromatic heterocycles. The van der Waals surface area contributed by atoms with Gasteiger partial charge in [-0.3, -0.25) is 4.79 Å². The van der Waals surface area contributed by atoms with Gasteiger partial charge in [0.2, 0.25) is 0 Å². The Hall–Kier alpha value is -2.20. The highest BCUT2D eigenvalue weighted by atomic mass is 35.5. The molecule has 1 fully saturated rings. The second kappa shape index (κ2) is 7.79. The molecule has 2 aromatic rings. The van der Waals surface area contributed by atoms with Crippen molar-refractivity contribution >= 4 is 23.2 Å². The summed E-state index contributed by atoms with van der Waals surface area (Å²) in [5.41, 5.74) is 3.80. The SMILES string of the molecule is Cc1ccc(C)c(N2CCN(C(=O)COc3ccc(Cl)cc3)CC2)c1. The lowest BCUT2D eigenvalue weighted by Gasteiger charge is -2.37. The Labute approximate surface area is 154 Å². The Kier molecular flexibility index (Phi) is 5.49. The maximum Gasteiger partial charge on any atom is 0.260 e. The lowest BCUT2D eigenvalue weighted by atomic mass is 10.1. The molecule has 1 heterocycles. The summed E-state index contributed by atoms with van der Waals surface area (Å²) in [4.78, 5) is 16.6. The normalized spacial score (nSPS) is 14.5. The Morgan fingerprint density at radius 2 is 1.72 bits per heavy atom. The first-order chi connectivity index (χ1) is 12.0. The Morgan fingerprint density at radius 1 is 1.04 bits per heavy atom. The van der Waals surface area contributed by atoms with Crippen LogP contribution in [-0.4, -0.2) is 43.6 Å². The third-order valence-corrected chi connectivity index (χ3v) is 4.77. The van der Waals surface area contributed by atoms with Crippen LogP contribution in [0.15, 0.2) is 42.5 Å². The van der Waals surface area contributed by atoms with E-state index in [1.54, 1.807) is 24.3 Å². The van der Waals surface area contributed by atoms with Gasteiger partial charge in [0.05, 0.1) is 0 Å². The maximum absolute atomic E-state index is 12.4. The topological polar surface area (TPSA) is 32.8 Å². The van der Waals surface area contributed by atoms with Gasteiger partial charge < -0.3 is 14.5 Å². The minimum Gasteiger partial charge on any atom is -0.484 e. The fraction of sp³-hybridized carbons (Fsp3) is 0.350. The molecule has 0 N–H and O–H groups in total. The summed E-state index contributed by atoms with van der Waals surface area (Å²) in [7, 11) is 0. The van der Waals surface area contributed by atoms with Crippen LogP contribution in [0.2, 0.25) is 5.02 Å². The van der Waals surface area contributed by atoms with E-state index in [0.717, 1.165) is 26.2 Å². The van der Waals surface area contributed by atoms with E-state index < -0.39 is 0 Å². The van der Waals surface area contributed by atoms with Crippen molar-refractivity contribution < 1.29 is 9.53 Å². The second-order valence-corrected chi connectivity index (χ2v) is 6.84. The van der Waals surface area contributed by atoms with E-state index in [9.17, 15) is 4.79 Å². The molecule has 0 aliphatic carbocycles. The van der Waals surface area contributed by atoms with Crippen LogP contribution < -0.4 is 9.64 Å². The van der Waals surface area contributed by atoms with Gasteiger partial charge in [-0.1, -0.05) is 23.7 Å². The zero-order valence-corrected chi connectivity index (χ0v) is 15.4. The number of hydrogen-bond donors (Lipinski definition) is 0. The molecule has 1 saturated heterocycles. The van der Waals surface area contributed by atoms with Crippen molar-refractivity contribution in [3.8, 4) is 5.75 Å². The molecule has 0 atom stereocenters. The number of nitrogens with zero attached hydrogens (tertiary/aromatic N) is 2. The molecule has 0 saturated carbocycles. The average Bonchev–Trinajstić information content (AvgIpc) is 2.63. The van der Waals surface area contributed by atoms with Gasteiger partial charge in [-0.25, -0.2) is 0 Å². The number of benzene rings is 2. The molecule has 1 aliphatic heterocycles. The molecule has 2 aromatic carbocycles. The number of anilines is 1. The standard InChI is InChI=1S/C20H23ClN2O2/c1-15-3-4-16(2)19(13-15)22-9-11-23(12-10-22)20(24)14-25-18-7-5-17(21)6-8-18/h3-8,13H,9-12,14H2,1-2H3. The van der Waals surface area contributed by atoms with Crippen LogP contribution in [0, 0.1) is 13.8 Å². The van der Waals surface area contributed by atoms with Crippen molar-refractivity contribution in [2.45, 2.75) is 13.8 Å². The first-order valence-corrected chi connectivity index (χ1v) is 8.89. The molecular formula is C20H23ClN2O2. The fourth-order valence-electron chi connectivity index (χ4n) is 3.02. The van der Waals surface area contributed by atoms with Gasteiger partial charge in [0.25, 0.3) is 5.91 Å². The molecule has 1 amide bonds. The van der Waals surface area contributed by atoms with Gasteiger partial charge in [-0.05, 0) is 55.3 Å². The van der Waals surface area contributed by atoms with E-state index in [1.165, 1.54) is 16.8 Å². The van der Waals surface area contributed by atoms with Crippen molar-refractivity contribution in [3.05, 3.63) is 58.6 Å². The molecule has 3 rings (SSSR count). The first-order valence-electron chi connectivity index (χ1n) is 8.51. The number of carbonyl (C=O) groups excluding carboxylic acids is 1. The van der Waals surface area contributed by atoms with Gasteiger partial charge in [-0.15, -0.1) is 0 Å².